The highest BCUT2D eigenvalue weighted by molar-refractivity contribution is 9.11. The Bertz CT molecular complexity index is 451. The summed E-state index contributed by atoms with van der Waals surface area (Å²) in [4.78, 5) is 0. The summed E-state index contributed by atoms with van der Waals surface area (Å²) in [7, 11) is 0. The maximum atomic E-state index is 3.70. The molecule has 1 aliphatic rings. The highest BCUT2D eigenvalue weighted by atomic mass is 79.9. The Morgan fingerprint density at radius 2 is 1.86 bits per heavy atom. The van der Waals surface area contributed by atoms with E-state index in [1.807, 2.05) is 0 Å². The zero-order valence-corrected chi connectivity index (χ0v) is 16.4. The third-order valence-corrected chi connectivity index (χ3v) is 6.07. The average Bonchev–Trinajstić information content (AvgIpc) is 2.89. The van der Waals surface area contributed by atoms with Gasteiger partial charge in [0.2, 0.25) is 0 Å². The average molecular weight is 417 g/mol. The van der Waals surface area contributed by atoms with Gasteiger partial charge in [0.1, 0.15) is 0 Å². The Hall–Kier alpha value is 0.140. The molecule has 1 saturated carbocycles. The topological polar surface area (TPSA) is 12.0 Å². The summed E-state index contributed by atoms with van der Waals surface area (Å²) in [6.45, 7) is 5.64. The van der Waals surface area contributed by atoms with Crippen LogP contribution in [0.5, 0.6) is 0 Å². The van der Waals surface area contributed by atoms with E-state index in [0.717, 1.165) is 6.54 Å². The Morgan fingerprint density at radius 1 is 1.14 bits per heavy atom. The van der Waals surface area contributed by atoms with Gasteiger partial charge in [0, 0.05) is 15.0 Å². The zero-order chi connectivity index (χ0) is 15.3. The number of nitrogens with one attached hydrogen (secondary N) is 1. The fourth-order valence-electron chi connectivity index (χ4n) is 3.51. The monoisotopic (exact) mass is 415 g/mol. The van der Waals surface area contributed by atoms with Crippen LogP contribution >= 0.6 is 31.9 Å². The molecule has 21 heavy (non-hydrogen) atoms. The fourth-order valence-corrected chi connectivity index (χ4v) is 4.36. The van der Waals surface area contributed by atoms with Gasteiger partial charge < -0.3 is 5.32 Å². The molecule has 1 aromatic rings. The normalized spacial score (nSPS) is 17.6. The Kier molecular flexibility index (Phi) is 6.77. The van der Waals surface area contributed by atoms with Crippen molar-refractivity contribution >= 4 is 31.9 Å². The highest BCUT2D eigenvalue weighted by Crippen LogP contribution is 2.45. The van der Waals surface area contributed by atoms with Gasteiger partial charge in [-0.05, 0) is 67.8 Å². The van der Waals surface area contributed by atoms with E-state index < -0.39 is 0 Å². The van der Waals surface area contributed by atoms with Crippen molar-refractivity contribution in [1.29, 1.82) is 0 Å². The lowest BCUT2D eigenvalue weighted by Gasteiger charge is -2.30. The fraction of sp³-hybridized carbons (Fsp3) is 0.667. The molecule has 2 rings (SSSR count). The smallest absolute Gasteiger partial charge is 0.0208 e. The van der Waals surface area contributed by atoms with Gasteiger partial charge in [-0.3, -0.25) is 0 Å². The van der Waals surface area contributed by atoms with E-state index in [2.05, 4.69) is 69.2 Å². The molecule has 1 fully saturated rings. The first-order chi connectivity index (χ1) is 10.0. The maximum absolute atomic E-state index is 3.70. The molecule has 118 valence electrons. The van der Waals surface area contributed by atoms with Crippen LogP contribution < -0.4 is 5.32 Å². The lowest BCUT2D eigenvalue weighted by molar-refractivity contribution is 0.242. The molecule has 0 bridgehead atoms. The van der Waals surface area contributed by atoms with Crippen molar-refractivity contribution < 1.29 is 0 Å². The number of benzene rings is 1. The van der Waals surface area contributed by atoms with Gasteiger partial charge >= 0.3 is 0 Å². The summed E-state index contributed by atoms with van der Waals surface area (Å²) in [5.74, 6) is 0. The summed E-state index contributed by atoms with van der Waals surface area (Å²) in [5, 5.41) is 3.60. The predicted molar refractivity (Wildman–Crippen MR) is 98.8 cm³/mol. The first-order valence-corrected chi connectivity index (χ1v) is 9.77. The number of aryl methyl sites for hydroxylation is 1. The molecule has 0 spiro atoms. The lowest BCUT2D eigenvalue weighted by atomic mass is 9.77. The second-order valence-electron chi connectivity index (χ2n) is 6.80. The van der Waals surface area contributed by atoms with Gasteiger partial charge in [0.15, 0.2) is 0 Å². The molecular formula is C18H27Br2N. The van der Waals surface area contributed by atoms with Gasteiger partial charge in [-0.15, -0.1) is 0 Å². The maximum Gasteiger partial charge on any atom is 0.0208 e. The molecule has 0 saturated heterocycles. The van der Waals surface area contributed by atoms with Crippen LogP contribution in [-0.2, 0) is 6.42 Å². The van der Waals surface area contributed by atoms with Gasteiger partial charge in [0.05, 0.1) is 0 Å². The van der Waals surface area contributed by atoms with Gasteiger partial charge in [-0.2, -0.15) is 0 Å². The van der Waals surface area contributed by atoms with Crippen LogP contribution in [0, 0.1) is 5.41 Å². The van der Waals surface area contributed by atoms with E-state index in [1.54, 1.807) is 0 Å². The van der Waals surface area contributed by atoms with Crippen LogP contribution in [0.3, 0.4) is 0 Å². The van der Waals surface area contributed by atoms with Crippen LogP contribution in [0.15, 0.2) is 27.1 Å². The Morgan fingerprint density at radius 3 is 2.52 bits per heavy atom. The van der Waals surface area contributed by atoms with E-state index in [4.69, 9.17) is 0 Å². The Labute approximate surface area is 146 Å². The van der Waals surface area contributed by atoms with E-state index in [9.17, 15) is 0 Å². The lowest BCUT2D eigenvalue weighted by Crippen LogP contribution is -2.29. The molecule has 1 aliphatic carbocycles. The molecule has 1 aromatic carbocycles. The second kappa shape index (κ2) is 8.12. The second-order valence-corrected chi connectivity index (χ2v) is 8.57. The first kappa shape index (κ1) is 17.5. The van der Waals surface area contributed by atoms with Gasteiger partial charge in [-0.1, -0.05) is 58.5 Å². The van der Waals surface area contributed by atoms with Crippen LogP contribution in [-0.4, -0.2) is 12.6 Å². The molecule has 0 unspecified atom stereocenters. The van der Waals surface area contributed by atoms with Gasteiger partial charge in [0.25, 0.3) is 0 Å². The molecule has 1 N–H and O–H groups in total. The zero-order valence-electron chi connectivity index (χ0n) is 13.2. The van der Waals surface area contributed by atoms with Crippen molar-refractivity contribution in [3.63, 3.8) is 0 Å². The van der Waals surface area contributed by atoms with Crippen molar-refractivity contribution in [2.75, 3.05) is 6.54 Å². The molecule has 0 atom stereocenters. The number of hydrogen-bond donors (Lipinski definition) is 1. The standard InChI is InChI=1S/C18H27Br2N/c1-14(2)21-12-11-18(8-3-4-9-18)10-7-15-13-16(19)5-6-17(15)20/h5-6,13-14,21H,3-4,7-12H2,1-2H3. The Balaban J connectivity index is 1.94. The van der Waals surface area contributed by atoms with E-state index >= 15 is 0 Å². The molecular weight excluding hydrogens is 390 g/mol. The summed E-state index contributed by atoms with van der Waals surface area (Å²) in [6, 6.07) is 7.12. The molecule has 0 radical (unpaired) electrons. The third kappa shape index (κ3) is 5.37. The van der Waals surface area contributed by atoms with Crippen LogP contribution in [0.1, 0.15) is 57.9 Å². The molecule has 0 amide bonds. The minimum Gasteiger partial charge on any atom is -0.315 e. The van der Waals surface area contributed by atoms with Crippen molar-refractivity contribution in [3.05, 3.63) is 32.7 Å². The summed E-state index contributed by atoms with van der Waals surface area (Å²) in [6.07, 6.45) is 9.50. The minimum absolute atomic E-state index is 0.573. The summed E-state index contributed by atoms with van der Waals surface area (Å²) >= 11 is 7.29. The third-order valence-electron chi connectivity index (χ3n) is 4.80. The number of hydrogen-bond acceptors (Lipinski definition) is 1. The van der Waals surface area contributed by atoms with Crippen LogP contribution in [0.25, 0.3) is 0 Å². The van der Waals surface area contributed by atoms with Crippen molar-refractivity contribution in [2.24, 2.45) is 5.41 Å². The van der Waals surface area contributed by atoms with E-state index in [-0.39, 0.29) is 0 Å². The molecule has 0 aromatic heterocycles. The summed E-state index contributed by atoms with van der Waals surface area (Å²) < 4.78 is 2.43. The molecule has 3 heteroatoms. The van der Waals surface area contributed by atoms with Crippen molar-refractivity contribution in [3.8, 4) is 0 Å². The van der Waals surface area contributed by atoms with Crippen LogP contribution in [0.2, 0.25) is 0 Å². The van der Waals surface area contributed by atoms with E-state index in [1.165, 1.54) is 59.5 Å². The van der Waals surface area contributed by atoms with Crippen molar-refractivity contribution in [1.82, 2.24) is 5.32 Å². The van der Waals surface area contributed by atoms with Gasteiger partial charge in [-0.25, -0.2) is 0 Å². The molecule has 0 heterocycles. The number of halogens is 2. The molecule has 0 aliphatic heterocycles. The summed E-state index contributed by atoms with van der Waals surface area (Å²) in [5.41, 5.74) is 2.01. The largest absolute Gasteiger partial charge is 0.315 e. The first-order valence-electron chi connectivity index (χ1n) is 8.18. The van der Waals surface area contributed by atoms with Crippen molar-refractivity contribution in [2.45, 2.75) is 64.8 Å². The SMILES string of the molecule is CC(C)NCCC1(CCc2cc(Br)ccc2Br)CCCC1. The molecule has 1 nitrogen and oxygen atoms in total. The predicted octanol–water partition coefficient (Wildman–Crippen LogP) is 6.09. The quantitative estimate of drug-likeness (QED) is 0.566. The van der Waals surface area contributed by atoms with Crippen LogP contribution in [0.4, 0.5) is 0 Å². The van der Waals surface area contributed by atoms with E-state index in [0.29, 0.717) is 11.5 Å². The number of rotatable bonds is 7. The minimum atomic E-state index is 0.573. The highest BCUT2D eigenvalue weighted by Gasteiger charge is 2.32.